The Morgan fingerprint density at radius 2 is 1.58 bits per heavy atom. The highest BCUT2D eigenvalue weighted by Gasteiger charge is 2.27. The molecule has 0 unspecified atom stereocenters. The molecule has 9 nitrogen and oxygen atoms in total. The van der Waals surface area contributed by atoms with Crippen molar-refractivity contribution in [2.45, 2.75) is 82.0 Å². The summed E-state index contributed by atoms with van der Waals surface area (Å²) in [5, 5.41) is 20.2. The van der Waals surface area contributed by atoms with Crippen molar-refractivity contribution in [1.82, 2.24) is 36.1 Å². The quantitative estimate of drug-likeness (QED) is 0.306. The molecule has 0 bridgehead atoms. The summed E-state index contributed by atoms with van der Waals surface area (Å²) in [5.74, 6) is 1.12. The van der Waals surface area contributed by atoms with Crippen LogP contribution in [0.1, 0.15) is 67.1 Å². The van der Waals surface area contributed by atoms with E-state index in [-0.39, 0.29) is 18.1 Å². The Bertz CT molecular complexity index is 1270. The molecule has 0 aliphatic heterocycles. The lowest BCUT2D eigenvalue weighted by atomic mass is 9.91. The Morgan fingerprint density at radius 1 is 0.895 bits per heavy atom. The Labute approximate surface area is 219 Å². The van der Waals surface area contributed by atoms with Crippen LogP contribution in [0.5, 0.6) is 0 Å². The molecule has 0 spiro atoms. The van der Waals surface area contributed by atoms with Crippen LogP contribution in [0, 0.1) is 11.6 Å². The van der Waals surface area contributed by atoms with Gasteiger partial charge in [0.05, 0.1) is 6.54 Å². The number of nitrogens with zero attached hydrogens (tertiary/aromatic N) is 3. The number of H-pyrrole nitrogens is 1. The van der Waals surface area contributed by atoms with Gasteiger partial charge in [-0.15, -0.1) is 0 Å². The second-order valence-corrected chi connectivity index (χ2v) is 10.7. The first-order valence-corrected chi connectivity index (χ1v) is 13.4. The predicted octanol–water partition coefficient (Wildman–Crippen LogP) is 3.97. The van der Waals surface area contributed by atoms with Gasteiger partial charge in [-0.25, -0.2) is 23.5 Å². The SMILES string of the molecule is O=C(NC1CCC(NCc2nccc(Nc3cc(C4CC4)[nH]n3)n2)CC1)NC1Cc2cc(F)c(F)cc2C1. The monoisotopic (exact) mass is 522 g/mol. The lowest BCUT2D eigenvalue weighted by Crippen LogP contribution is -2.48. The molecular formula is C27H32F2N8O. The van der Waals surface area contributed by atoms with Gasteiger partial charge in [0.1, 0.15) is 11.6 Å². The third-order valence-corrected chi connectivity index (χ3v) is 7.70. The molecule has 2 heterocycles. The molecule has 3 aromatic rings. The van der Waals surface area contributed by atoms with E-state index in [0.717, 1.165) is 42.6 Å². The maximum atomic E-state index is 13.5. The van der Waals surface area contributed by atoms with Crippen molar-refractivity contribution in [2.75, 3.05) is 5.32 Å². The van der Waals surface area contributed by atoms with Gasteiger partial charge in [0.2, 0.25) is 0 Å². The zero-order valence-corrected chi connectivity index (χ0v) is 21.1. The fourth-order valence-electron chi connectivity index (χ4n) is 5.49. The van der Waals surface area contributed by atoms with Gasteiger partial charge in [-0.05, 0) is 80.7 Å². The Hall–Kier alpha value is -3.60. The summed E-state index contributed by atoms with van der Waals surface area (Å²) in [6.45, 7) is 0.566. The number of rotatable bonds is 8. The highest BCUT2D eigenvalue weighted by atomic mass is 19.2. The minimum Gasteiger partial charge on any atom is -0.335 e. The molecule has 3 aliphatic carbocycles. The number of hydrogen-bond acceptors (Lipinski definition) is 6. The molecule has 6 rings (SSSR count). The van der Waals surface area contributed by atoms with Gasteiger partial charge in [0.15, 0.2) is 17.5 Å². The number of aromatic amines is 1. The number of halogens is 2. The van der Waals surface area contributed by atoms with Gasteiger partial charge in [0, 0.05) is 42.0 Å². The molecule has 200 valence electrons. The number of aromatic nitrogens is 4. The molecule has 5 N–H and O–H groups in total. The van der Waals surface area contributed by atoms with Gasteiger partial charge in [-0.2, -0.15) is 5.10 Å². The summed E-state index contributed by atoms with van der Waals surface area (Å²) in [5.41, 5.74) is 2.69. The Kier molecular flexibility index (Phi) is 6.92. The molecule has 2 aromatic heterocycles. The summed E-state index contributed by atoms with van der Waals surface area (Å²) in [6, 6.07) is 6.40. The Balaban J connectivity index is 0.914. The van der Waals surface area contributed by atoms with Crippen LogP contribution < -0.4 is 21.3 Å². The molecule has 0 atom stereocenters. The lowest BCUT2D eigenvalue weighted by molar-refractivity contribution is 0.225. The molecule has 2 saturated carbocycles. The first kappa shape index (κ1) is 24.7. The molecule has 1 aromatic carbocycles. The topological polar surface area (TPSA) is 120 Å². The second kappa shape index (κ2) is 10.6. The number of benzene rings is 1. The van der Waals surface area contributed by atoms with Crippen LogP contribution in [-0.2, 0) is 19.4 Å². The fraction of sp³-hybridized carbons (Fsp3) is 0.481. The number of amides is 2. The van der Waals surface area contributed by atoms with E-state index in [1.54, 1.807) is 6.20 Å². The lowest BCUT2D eigenvalue weighted by Gasteiger charge is -2.30. The van der Waals surface area contributed by atoms with Crippen molar-refractivity contribution < 1.29 is 13.6 Å². The zero-order chi connectivity index (χ0) is 26.1. The summed E-state index contributed by atoms with van der Waals surface area (Å²) in [7, 11) is 0. The van der Waals surface area contributed by atoms with Crippen LogP contribution in [0.15, 0.2) is 30.5 Å². The number of anilines is 2. The number of carbonyl (C=O) groups is 1. The normalized spacial score (nSPS) is 21.2. The number of hydrogen-bond donors (Lipinski definition) is 5. The van der Waals surface area contributed by atoms with Gasteiger partial charge >= 0.3 is 6.03 Å². The molecule has 0 saturated heterocycles. The minimum atomic E-state index is -0.841. The van der Waals surface area contributed by atoms with Gasteiger partial charge in [-0.3, -0.25) is 5.10 Å². The second-order valence-electron chi connectivity index (χ2n) is 10.7. The molecule has 0 radical (unpaired) electrons. The Morgan fingerprint density at radius 3 is 2.29 bits per heavy atom. The molecule has 2 amide bonds. The number of carbonyl (C=O) groups excluding carboxylic acids is 1. The molecule has 38 heavy (non-hydrogen) atoms. The average molecular weight is 523 g/mol. The van der Waals surface area contributed by atoms with Gasteiger partial charge in [0.25, 0.3) is 0 Å². The van der Waals surface area contributed by atoms with Crippen molar-refractivity contribution in [1.29, 1.82) is 0 Å². The third-order valence-electron chi connectivity index (χ3n) is 7.70. The summed E-state index contributed by atoms with van der Waals surface area (Å²) >= 11 is 0. The number of nitrogens with one attached hydrogen (secondary N) is 5. The highest BCUT2D eigenvalue weighted by Crippen LogP contribution is 2.39. The summed E-state index contributed by atoms with van der Waals surface area (Å²) < 4.78 is 27.0. The zero-order valence-electron chi connectivity index (χ0n) is 21.1. The van der Waals surface area contributed by atoms with E-state index in [2.05, 4.69) is 41.4 Å². The van der Waals surface area contributed by atoms with Crippen LogP contribution in [-0.4, -0.2) is 44.3 Å². The van der Waals surface area contributed by atoms with Gasteiger partial charge in [-0.1, -0.05) is 0 Å². The van der Waals surface area contributed by atoms with Gasteiger partial charge < -0.3 is 21.3 Å². The summed E-state index contributed by atoms with van der Waals surface area (Å²) in [6.07, 6.45) is 8.83. The average Bonchev–Trinajstić information content (AvgIpc) is 3.54. The molecule has 2 fully saturated rings. The number of fused-ring (bicyclic) bond motifs is 1. The van der Waals surface area contributed by atoms with Crippen LogP contribution in [0.25, 0.3) is 0 Å². The van der Waals surface area contributed by atoms with E-state index in [1.165, 1.54) is 30.7 Å². The van der Waals surface area contributed by atoms with E-state index in [9.17, 15) is 13.6 Å². The van der Waals surface area contributed by atoms with Crippen molar-refractivity contribution in [3.05, 3.63) is 64.7 Å². The van der Waals surface area contributed by atoms with Crippen molar-refractivity contribution in [3.8, 4) is 0 Å². The van der Waals surface area contributed by atoms with Crippen molar-refractivity contribution in [3.63, 3.8) is 0 Å². The number of urea groups is 1. The van der Waals surface area contributed by atoms with E-state index in [4.69, 9.17) is 0 Å². The first-order valence-electron chi connectivity index (χ1n) is 13.4. The van der Waals surface area contributed by atoms with Crippen molar-refractivity contribution in [2.24, 2.45) is 0 Å². The van der Waals surface area contributed by atoms with Crippen LogP contribution in [0.4, 0.5) is 25.2 Å². The van der Waals surface area contributed by atoms with Crippen LogP contribution >= 0.6 is 0 Å². The molecular weight excluding hydrogens is 490 g/mol. The highest BCUT2D eigenvalue weighted by molar-refractivity contribution is 5.74. The fourth-order valence-corrected chi connectivity index (χ4v) is 5.49. The predicted molar refractivity (Wildman–Crippen MR) is 138 cm³/mol. The largest absolute Gasteiger partial charge is 0.335 e. The van der Waals surface area contributed by atoms with Crippen molar-refractivity contribution >= 4 is 17.7 Å². The maximum absolute atomic E-state index is 13.5. The maximum Gasteiger partial charge on any atom is 0.315 e. The van der Waals surface area contributed by atoms with Crippen LogP contribution in [0.2, 0.25) is 0 Å². The smallest absolute Gasteiger partial charge is 0.315 e. The van der Waals surface area contributed by atoms with E-state index < -0.39 is 11.6 Å². The molecule has 3 aliphatic rings. The van der Waals surface area contributed by atoms with E-state index in [1.807, 2.05) is 12.1 Å². The summed E-state index contributed by atoms with van der Waals surface area (Å²) in [4.78, 5) is 21.5. The standard InChI is InChI=1S/C27H32F2N8O/c28-21-11-16-9-20(10-17(16)12-22(21)29)33-27(38)32-19-5-3-18(4-6-19)31-14-26-30-8-7-24(35-26)34-25-13-23(36-37-25)15-1-2-15/h7-8,11-13,15,18-20,31H,1-6,9-10,14H2,(H2,32,33,38)(H2,30,34,35,36,37). The molecule has 11 heteroatoms. The third kappa shape index (κ3) is 5.93. The first-order chi connectivity index (χ1) is 18.5. The van der Waals surface area contributed by atoms with E-state index >= 15 is 0 Å². The van der Waals surface area contributed by atoms with E-state index in [0.29, 0.717) is 43.0 Å². The minimum absolute atomic E-state index is 0.102. The van der Waals surface area contributed by atoms with Crippen LogP contribution in [0.3, 0.4) is 0 Å².